The van der Waals surface area contributed by atoms with Crippen LogP contribution in [0.15, 0.2) is 109 Å². The highest BCUT2D eigenvalue weighted by atomic mass is 16.5. The molecule has 0 aliphatic rings. The molecule has 4 aromatic rings. The number of anilines is 5. The fraction of sp³-hybridized carbons (Fsp3) is 0.107. The summed E-state index contributed by atoms with van der Waals surface area (Å²) in [7, 11) is 1.42. The molecule has 0 radical (unpaired) electrons. The maximum Gasteiger partial charge on any atom is 0.305 e. The van der Waals surface area contributed by atoms with Crippen molar-refractivity contribution in [2.24, 2.45) is 0 Å². The van der Waals surface area contributed by atoms with Crippen molar-refractivity contribution in [1.29, 1.82) is 0 Å². The van der Waals surface area contributed by atoms with E-state index in [1.165, 1.54) is 7.11 Å². The highest BCUT2D eigenvalue weighted by molar-refractivity contribution is 5.77. The number of hydrogen-bond donors (Lipinski definition) is 1. The average Bonchev–Trinajstić information content (AvgIpc) is 2.86. The number of hydrogen-bond acceptors (Lipinski definition) is 4. The smallest absolute Gasteiger partial charge is 0.305 e. The lowest BCUT2D eigenvalue weighted by Gasteiger charge is -2.25. The number of aryl methyl sites for hydroxylation is 1. The van der Waals surface area contributed by atoms with Gasteiger partial charge in [-0.15, -0.1) is 0 Å². The Morgan fingerprint density at radius 2 is 1.16 bits per heavy atom. The molecule has 0 bridgehead atoms. The Balaban J connectivity index is 1.49. The van der Waals surface area contributed by atoms with Gasteiger partial charge in [0.25, 0.3) is 0 Å². The Morgan fingerprint density at radius 1 is 0.688 bits per heavy atom. The second-order valence-corrected chi connectivity index (χ2v) is 7.45. The molecule has 0 atom stereocenters. The van der Waals surface area contributed by atoms with Gasteiger partial charge in [-0.05, 0) is 72.6 Å². The van der Waals surface area contributed by atoms with Crippen LogP contribution in [0.5, 0.6) is 0 Å². The number of carbonyl (C=O) groups excluding carboxylic acids is 1. The Hall–Kier alpha value is -4.05. The van der Waals surface area contributed by atoms with E-state index < -0.39 is 0 Å². The van der Waals surface area contributed by atoms with Gasteiger partial charge in [0.15, 0.2) is 0 Å². The van der Waals surface area contributed by atoms with Gasteiger partial charge in [0.1, 0.15) is 0 Å². The third-order valence-corrected chi connectivity index (χ3v) is 5.24. The quantitative estimate of drug-likeness (QED) is 0.310. The molecule has 4 heteroatoms. The van der Waals surface area contributed by atoms with Crippen molar-refractivity contribution in [1.82, 2.24) is 0 Å². The molecule has 0 aliphatic carbocycles. The number of esters is 1. The topological polar surface area (TPSA) is 41.6 Å². The molecule has 0 aromatic heterocycles. The minimum atomic E-state index is -0.188. The third kappa shape index (κ3) is 5.35. The van der Waals surface area contributed by atoms with E-state index in [9.17, 15) is 4.79 Å². The van der Waals surface area contributed by atoms with Crippen LogP contribution in [-0.4, -0.2) is 13.1 Å². The summed E-state index contributed by atoms with van der Waals surface area (Å²) in [5.74, 6) is -0.188. The highest BCUT2D eigenvalue weighted by Gasteiger charge is 2.11. The predicted molar refractivity (Wildman–Crippen MR) is 131 cm³/mol. The van der Waals surface area contributed by atoms with Crippen molar-refractivity contribution in [3.63, 3.8) is 0 Å². The van der Waals surface area contributed by atoms with E-state index in [2.05, 4.69) is 83.0 Å². The first kappa shape index (κ1) is 21.2. The van der Waals surface area contributed by atoms with Crippen molar-refractivity contribution in [3.8, 4) is 0 Å². The first-order valence-corrected chi connectivity index (χ1v) is 10.7. The summed E-state index contributed by atoms with van der Waals surface area (Å²) in [6, 6.07) is 37.2. The first-order chi connectivity index (χ1) is 15.7. The maximum atomic E-state index is 11.3. The zero-order valence-electron chi connectivity index (χ0n) is 18.1. The van der Waals surface area contributed by atoms with Crippen LogP contribution >= 0.6 is 0 Å². The van der Waals surface area contributed by atoms with Crippen LogP contribution < -0.4 is 10.2 Å². The summed E-state index contributed by atoms with van der Waals surface area (Å²) in [6.07, 6.45) is 1.07. The maximum absolute atomic E-state index is 11.3. The molecule has 32 heavy (non-hydrogen) atoms. The minimum Gasteiger partial charge on any atom is -0.469 e. The van der Waals surface area contributed by atoms with Gasteiger partial charge in [-0.1, -0.05) is 48.5 Å². The molecular formula is C28H26N2O2. The molecule has 1 N–H and O–H groups in total. The molecule has 160 valence electrons. The third-order valence-electron chi connectivity index (χ3n) is 5.24. The van der Waals surface area contributed by atoms with E-state index in [4.69, 9.17) is 4.74 Å². The summed E-state index contributed by atoms with van der Waals surface area (Å²) in [5, 5.41) is 3.44. The fourth-order valence-electron chi connectivity index (χ4n) is 3.57. The first-order valence-electron chi connectivity index (χ1n) is 10.7. The van der Waals surface area contributed by atoms with Gasteiger partial charge in [0, 0.05) is 34.9 Å². The van der Waals surface area contributed by atoms with E-state index in [0.717, 1.165) is 34.0 Å². The molecule has 0 aliphatic heterocycles. The molecule has 0 saturated carbocycles. The van der Waals surface area contributed by atoms with Crippen LogP contribution in [0.3, 0.4) is 0 Å². The Bertz CT molecular complexity index is 1090. The summed E-state index contributed by atoms with van der Waals surface area (Å²) in [5.41, 5.74) is 6.44. The summed E-state index contributed by atoms with van der Waals surface area (Å²) in [6.45, 7) is 0. The number of para-hydroxylation sites is 2. The second-order valence-electron chi connectivity index (χ2n) is 7.45. The molecule has 0 heterocycles. The van der Waals surface area contributed by atoms with Gasteiger partial charge in [0.05, 0.1) is 7.11 Å². The molecule has 0 saturated heterocycles. The largest absolute Gasteiger partial charge is 0.469 e. The van der Waals surface area contributed by atoms with E-state index >= 15 is 0 Å². The zero-order valence-corrected chi connectivity index (χ0v) is 18.1. The summed E-state index contributed by atoms with van der Waals surface area (Å²) >= 11 is 0. The second kappa shape index (κ2) is 10.3. The lowest BCUT2D eigenvalue weighted by Crippen LogP contribution is -2.09. The monoisotopic (exact) mass is 422 g/mol. The number of nitrogens with zero attached hydrogens (tertiary/aromatic N) is 1. The van der Waals surface area contributed by atoms with Crippen molar-refractivity contribution in [3.05, 3.63) is 115 Å². The Kier molecular flexibility index (Phi) is 6.83. The highest BCUT2D eigenvalue weighted by Crippen LogP contribution is 2.34. The lowest BCUT2D eigenvalue weighted by molar-refractivity contribution is -0.140. The van der Waals surface area contributed by atoms with Gasteiger partial charge in [-0.25, -0.2) is 0 Å². The van der Waals surface area contributed by atoms with Crippen LogP contribution in [0.1, 0.15) is 12.0 Å². The van der Waals surface area contributed by atoms with Gasteiger partial charge in [0.2, 0.25) is 0 Å². The van der Waals surface area contributed by atoms with Crippen LogP contribution in [0.4, 0.5) is 28.4 Å². The number of rotatable bonds is 8. The molecule has 0 unspecified atom stereocenters. The van der Waals surface area contributed by atoms with E-state index in [-0.39, 0.29) is 5.97 Å². The SMILES string of the molecule is COC(=O)CCc1ccc(Nc2ccc(N(c3ccccc3)c3ccccc3)cc2)cc1. The van der Waals surface area contributed by atoms with Gasteiger partial charge in [-0.2, -0.15) is 0 Å². The van der Waals surface area contributed by atoms with Crippen LogP contribution in [0, 0.1) is 0 Å². The number of ether oxygens (including phenoxy) is 1. The standard InChI is InChI=1S/C28H26N2O2/c1-32-28(31)21-14-22-12-15-23(16-13-22)29-24-17-19-27(20-18-24)30(25-8-4-2-5-9-25)26-10-6-3-7-11-26/h2-13,15-20,29H,14,21H2,1H3. The summed E-state index contributed by atoms with van der Waals surface area (Å²) in [4.78, 5) is 13.5. The number of benzene rings is 4. The number of methoxy groups -OCH3 is 1. The van der Waals surface area contributed by atoms with Crippen molar-refractivity contribution < 1.29 is 9.53 Å². The summed E-state index contributed by atoms with van der Waals surface area (Å²) < 4.78 is 4.70. The van der Waals surface area contributed by atoms with Gasteiger partial charge < -0.3 is 15.0 Å². The van der Waals surface area contributed by atoms with Crippen molar-refractivity contribution >= 4 is 34.4 Å². The normalized spacial score (nSPS) is 10.4. The molecule has 4 aromatic carbocycles. The van der Waals surface area contributed by atoms with Crippen molar-refractivity contribution in [2.75, 3.05) is 17.3 Å². The van der Waals surface area contributed by atoms with Crippen LogP contribution in [0.25, 0.3) is 0 Å². The molecule has 4 rings (SSSR count). The number of carbonyl (C=O) groups is 1. The Morgan fingerprint density at radius 3 is 1.66 bits per heavy atom. The minimum absolute atomic E-state index is 0.188. The molecular weight excluding hydrogens is 396 g/mol. The predicted octanol–water partition coefficient (Wildman–Crippen LogP) is 7.01. The average molecular weight is 423 g/mol. The van der Waals surface area contributed by atoms with Crippen LogP contribution in [0.2, 0.25) is 0 Å². The lowest BCUT2D eigenvalue weighted by atomic mass is 10.1. The van der Waals surface area contributed by atoms with Crippen molar-refractivity contribution in [2.45, 2.75) is 12.8 Å². The van der Waals surface area contributed by atoms with Gasteiger partial charge >= 0.3 is 5.97 Å². The number of nitrogens with one attached hydrogen (secondary N) is 1. The molecule has 0 amide bonds. The fourth-order valence-corrected chi connectivity index (χ4v) is 3.57. The van der Waals surface area contributed by atoms with Crippen LogP contribution in [-0.2, 0) is 16.0 Å². The van der Waals surface area contributed by atoms with Gasteiger partial charge in [-0.3, -0.25) is 4.79 Å². The van der Waals surface area contributed by atoms with E-state index in [1.807, 2.05) is 36.4 Å². The molecule has 0 spiro atoms. The molecule has 0 fully saturated rings. The van der Waals surface area contributed by atoms with E-state index in [1.54, 1.807) is 0 Å². The Labute approximate surface area is 189 Å². The van der Waals surface area contributed by atoms with E-state index in [0.29, 0.717) is 12.8 Å². The molecule has 4 nitrogen and oxygen atoms in total. The zero-order chi connectivity index (χ0) is 22.2.